The normalized spacial score (nSPS) is 11.7. The minimum absolute atomic E-state index is 0.149. The number of fused-ring (bicyclic) bond motifs is 1. The van der Waals surface area contributed by atoms with E-state index in [9.17, 15) is 4.79 Å². The summed E-state index contributed by atoms with van der Waals surface area (Å²) >= 11 is 0. The van der Waals surface area contributed by atoms with E-state index in [-0.39, 0.29) is 12.1 Å². The Morgan fingerprint density at radius 3 is 2.78 bits per heavy atom. The topological polar surface area (TPSA) is 96.5 Å². The summed E-state index contributed by atoms with van der Waals surface area (Å²) in [4.78, 5) is 16.7. The first-order valence-electron chi connectivity index (χ1n) is 5.41. The molecule has 0 saturated heterocycles. The molecule has 0 aromatic carbocycles. The molecule has 0 unspecified atom stereocenters. The number of hydrogen-bond acceptors (Lipinski definition) is 6. The number of aromatic nitrogens is 5. The molecule has 0 fully saturated rings. The number of nitrogens with zero attached hydrogens (tertiary/aromatic N) is 6. The van der Waals surface area contributed by atoms with Gasteiger partial charge in [0, 0.05) is 5.54 Å². The Kier molecular flexibility index (Phi) is 2.85. The van der Waals surface area contributed by atoms with Crippen LogP contribution in [0.1, 0.15) is 20.8 Å². The first-order valence-corrected chi connectivity index (χ1v) is 5.41. The number of hydrogen-bond donors (Lipinski definition) is 1. The average Bonchev–Trinajstić information content (AvgIpc) is 2.71. The summed E-state index contributed by atoms with van der Waals surface area (Å²) in [5.74, 6) is -0.373. The highest BCUT2D eigenvalue weighted by molar-refractivity contribution is 5.73. The molecule has 1 N–H and O–H groups in total. The lowest BCUT2D eigenvalue weighted by Crippen LogP contribution is -2.45. The van der Waals surface area contributed by atoms with Gasteiger partial charge in [0.1, 0.15) is 6.54 Å². The van der Waals surface area contributed by atoms with E-state index in [0.717, 1.165) is 0 Å². The van der Waals surface area contributed by atoms with Gasteiger partial charge < -0.3 is 10.0 Å². The van der Waals surface area contributed by atoms with Gasteiger partial charge in [-0.15, -0.1) is 5.10 Å². The molecule has 0 atom stereocenters. The summed E-state index contributed by atoms with van der Waals surface area (Å²) in [6, 6.07) is 0. The molecule has 0 aliphatic rings. The predicted molar refractivity (Wildman–Crippen MR) is 63.3 cm³/mol. The molecule has 0 amide bonds. The van der Waals surface area contributed by atoms with E-state index in [1.54, 1.807) is 11.1 Å². The highest BCUT2D eigenvalue weighted by atomic mass is 16.4. The van der Waals surface area contributed by atoms with Crippen LogP contribution < -0.4 is 4.90 Å². The first-order chi connectivity index (χ1) is 8.39. The number of tetrazole rings is 1. The molecule has 18 heavy (non-hydrogen) atoms. The molecule has 2 rings (SSSR count). The van der Waals surface area contributed by atoms with Crippen molar-refractivity contribution < 1.29 is 9.90 Å². The van der Waals surface area contributed by atoms with Gasteiger partial charge in [0.15, 0.2) is 11.5 Å². The van der Waals surface area contributed by atoms with Crippen molar-refractivity contribution in [1.29, 1.82) is 0 Å². The molecule has 2 aromatic rings. The van der Waals surface area contributed by atoms with Crippen LogP contribution in [0.3, 0.4) is 0 Å². The summed E-state index contributed by atoms with van der Waals surface area (Å²) in [6.45, 7) is 5.60. The highest BCUT2D eigenvalue weighted by Gasteiger charge is 2.26. The van der Waals surface area contributed by atoms with Crippen LogP contribution >= 0.6 is 0 Å². The van der Waals surface area contributed by atoms with Crippen LogP contribution in [0, 0.1) is 0 Å². The minimum Gasteiger partial charge on any atom is -0.480 e. The molecule has 0 spiro atoms. The third-order valence-corrected chi connectivity index (χ3v) is 2.47. The molecule has 0 aliphatic carbocycles. The summed E-state index contributed by atoms with van der Waals surface area (Å²) < 4.78 is 1.47. The average molecular weight is 250 g/mol. The third-order valence-electron chi connectivity index (χ3n) is 2.47. The fourth-order valence-corrected chi connectivity index (χ4v) is 1.64. The molecule has 0 saturated carbocycles. The fraction of sp³-hybridized carbons (Fsp3) is 0.500. The molecular formula is C10H14N6O2. The summed E-state index contributed by atoms with van der Waals surface area (Å²) in [5.41, 5.74) is 0.0902. The lowest BCUT2D eigenvalue weighted by atomic mass is 10.1. The van der Waals surface area contributed by atoms with Crippen molar-refractivity contribution in [2.45, 2.75) is 26.3 Å². The zero-order chi connectivity index (χ0) is 13.3. The van der Waals surface area contributed by atoms with Gasteiger partial charge in [-0.3, -0.25) is 9.78 Å². The van der Waals surface area contributed by atoms with E-state index in [4.69, 9.17) is 5.11 Å². The maximum Gasteiger partial charge on any atom is 0.323 e. The number of anilines is 1. The van der Waals surface area contributed by atoms with E-state index in [2.05, 4.69) is 20.5 Å². The maximum atomic E-state index is 11.0. The van der Waals surface area contributed by atoms with E-state index >= 15 is 0 Å². The van der Waals surface area contributed by atoms with Crippen molar-refractivity contribution >= 4 is 17.4 Å². The molecular weight excluding hydrogens is 236 g/mol. The molecule has 0 bridgehead atoms. The Labute approximate surface area is 103 Å². The predicted octanol–water partition coefficient (Wildman–Crippen LogP) is 0.209. The molecule has 8 nitrogen and oxygen atoms in total. The van der Waals surface area contributed by atoms with Gasteiger partial charge >= 0.3 is 5.97 Å². The number of carbonyl (C=O) groups is 1. The van der Waals surface area contributed by atoms with E-state index in [0.29, 0.717) is 11.5 Å². The summed E-state index contributed by atoms with van der Waals surface area (Å²) in [5, 5.41) is 20.2. The van der Waals surface area contributed by atoms with Crippen LogP contribution in [0.5, 0.6) is 0 Å². The van der Waals surface area contributed by atoms with Crippen LogP contribution in [-0.2, 0) is 4.79 Å². The molecule has 2 aromatic heterocycles. The van der Waals surface area contributed by atoms with Crippen LogP contribution in [0.4, 0.5) is 5.82 Å². The molecule has 2 heterocycles. The molecule has 0 radical (unpaired) electrons. The second-order valence-electron chi connectivity index (χ2n) is 4.87. The standard InChI is InChI=1S/C10H14N6O2/c1-10(2,3)15(6-9(17)18)8-5-11-4-7-12-13-14-16(7)8/h4-5H,6H2,1-3H3,(H,17,18). The van der Waals surface area contributed by atoms with E-state index < -0.39 is 5.97 Å². The van der Waals surface area contributed by atoms with Crippen molar-refractivity contribution in [3.05, 3.63) is 12.4 Å². The first kappa shape index (κ1) is 12.2. The minimum atomic E-state index is -0.921. The number of aliphatic carboxylic acids is 1. The van der Waals surface area contributed by atoms with Gasteiger partial charge in [-0.25, -0.2) is 0 Å². The number of carboxylic acid groups (broad SMARTS) is 1. The zero-order valence-electron chi connectivity index (χ0n) is 10.4. The Balaban J connectivity index is 2.54. The third kappa shape index (κ3) is 2.22. The maximum absolute atomic E-state index is 11.0. The number of rotatable bonds is 3. The number of carboxylic acids is 1. The summed E-state index contributed by atoms with van der Waals surface area (Å²) in [7, 11) is 0. The van der Waals surface area contributed by atoms with E-state index in [1.807, 2.05) is 20.8 Å². The SMILES string of the molecule is CC(C)(C)N(CC(=O)O)c1cncc2nnnn12. The lowest BCUT2D eigenvalue weighted by molar-refractivity contribution is -0.135. The van der Waals surface area contributed by atoms with Crippen LogP contribution in [0.25, 0.3) is 5.65 Å². The van der Waals surface area contributed by atoms with Gasteiger partial charge in [0.2, 0.25) is 0 Å². The van der Waals surface area contributed by atoms with Crippen molar-refractivity contribution in [3.63, 3.8) is 0 Å². The monoisotopic (exact) mass is 250 g/mol. The summed E-state index contributed by atoms with van der Waals surface area (Å²) in [6.07, 6.45) is 3.07. The molecule has 0 aliphatic heterocycles. The van der Waals surface area contributed by atoms with E-state index in [1.165, 1.54) is 10.7 Å². The van der Waals surface area contributed by atoms with Gasteiger partial charge in [0.05, 0.1) is 12.4 Å². The van der Waals surface area contributed by atoms with Crippen molar-refractivity contribution in [3.8, 4) is 0 Å². The van der Waals surface area contributed by atoms with Gasteiger partial charge in [-0.2, -0.15) is 4.52 Å². The Morgan fingerprint density at radius 2 is 2.17 bits per heavy atom. The molecule has 96 valence electrons. The van der Waals surface area contributed by atoms with Crippen LogP contribution in [0.15, 0.2) is 12.4 Å². The second kappa shape index (κ2) is 4.21. The largest absolute Gasteiger partial charge is 0.480 e. The lowest BCUT2D eigenvalue weighted by Gasteiger charge is -2.35. The van der Waals surface area contributed by atoms with Gasteiger partial charge in [-0.1, -0.05) is 0 Å². The molecule has 8 heteroatoms. The Bertz CT molecular complexity index is 573. The van der Waals surface area contributed by atoms with Crippen molar-refractivity contribution in [1.82, 2.24) is 25.0 Å². The quantitative estimate of drug-likeness (QED) is 0.831. The van der Waals surface area contributed by atoms with Gasteiger partial charge in [0.25, 0.3) is 0 Å². The smallest absolute Gasteiger partial charge is 0.323 e. The van der Waals surface area contributed by atoms with Crippen LogP contribution in [0.2, 0.25) is 0 Å². The van der Waals surface area contributed by atoms with Crippen molar-refractivity contribution in [2.75, 3.05) is 11.4 Å². The fourth-order valence-electron chi connectivity index (χ4n) is 1.64. The van der Waals surface area contributed by atoms with Crippen molar-refractivity contribution in [2.24, 2.45) is 0 Å². The second-order valence-corrected chi connectivity index (χ2v) is 4.87. The Morgan fingerprint density at radius 1 is 1.44 bits per heavy atom. The zero-order valence-corrected chi connectivity index (χ0v) is 10.4. The Hall–Kier alpha value is -2.25. The highest BCUT2D eigenvalue weighted by Crippen LogP contribution is 2.22. The van der Waals surface area contributed by atoms with Crippen LogP contribution in [-0.4, -0.2) is 48.2 Å². The van der Waals surface area contributed by atoms with Gasteiger partial charge in [-0.05, 0) is 31.2 Å².